The second kappa shape index (κ2) is 9.09. The molecule has 0 unspecified atom stereocenters. The maximum Gasteiger partial charge on any atom is 0.416 e. The van der Waals surface area contributed by atoms with Crippen molar-refractivity contribution in [1.29, 1.82) is 0 Å². The number of esters is 1. The molecule has 11 heteroatoms. The molecule has 3 aromatic rings. The lowest BCUT2D eigenvalue weighted by molar-refractivity contribution is -0.137. The Morgan fingerprint density at radius 2 is 1.84 bits per heavy atom. The molecule has 7 nitrogen and oxygen atoms in total. The van der Waals surface area contributed by atoms with E-state index >= 15 is 0 Å². The molecule has 1 aromatic heterocycles. The highest BCUT2D eigenvalue weighted by molar-refractivity contribution is 6.33. The zero-order chi connectivity index (χ0) is 22.6. The number of nitrogens with zero attached hydrogens (tertiary/aromatic N) is 2. The first-order valence-corrected chi connectivity index (χ1v) is 9.35. The van der Waals surface area contributed by atoms with Crippen LogP contribution >= 0.6 is 11.6 Å². The predicted octanol–water partition coefficient (Wildman–Crippen LogP) is 5.39. The van der Waals surface area contributed by atoms with Crippen LogP contribution in [0.5, 0.6) is 0 Å². The average Bonchev–Trinajstić information content (AvgIpc) is 2.72. The molecule has 0 saturated heterocycles. The van der Waals surface area contributed by atoms with Gasteiger partial charge >= 0.3 is 12.1 Å². The summed E-state index contributed by atoms with van der Waals surface area (Å²) in [4.78, 5) is 19.9. The molecule has 0 radical (unpaired) electrons. The molecular weight excluding hydrogens is 435 g/mol. The second-order valence-corrected chi connectivity index (χ2v) is 6.64. The van der Waals surface area contributed by atoms with Crippen LogP contribution in [-0.4, -0.2) is 22.5 Å². The summed E-state index contributed by atoms with van der Waals surface area (Å²) >= 11 is 6.02. The van der Waals surface area contributed by atoms with Crippen molar-refractivity contribution in [2.75, 3.05) is 23.0 Å². The third kappa shape index (κ3) is 5.34. The largest absolute Gasteiger partial charge is 0.462 e. The minimum absolute atomic E-state index is 0.0165. The lowest BCUT2D eigenvalue weighted by Gasteiger charge is -2.15. The van der Waals surface area contributed by atoms with Crippen molar-refractivity contribution in [3.8, 4) is 0 Å². The molecular formula is C20H17ClF3N5O2. The van der Waals surface area contributed by atoms with Gasteiger partial charge in [0.25, 0.3) is 0 Å². The summed E-state index contributed by atoms with van der Waals surface area (Å²) in [6, 6.07) is 9.34. The molecule has 0 atom stereocenters. The summed E-state index contributed by atoms with van der Waals surface area (Å²) in [6.45, 7) is 1.94. The maximum atomic E-state index is 13.0. The van der Waals surface area contributed by atoms with Gasteiger partial charge in [-0.3, -0.25) is 0 Å². The van der Waals surface area contributed by atoms with Crippen LogP contribution in [0.25, 0.3) is 0 Å². The smallest absolute Gasteiger partial charge is 0.416 e. The summed E-state index contributed by atoms with van der Waals surface area (Å²) in [7, 11) is 0. The number of rotatable bonds is 6. The molecule has 0 aliphatic rings. The first kappa shape index (κ1) is 22.2. The molecule has 2 aromatic carbocycles. The van der Waals surface area contributed by atoms with Crippen molar-refractivity contribution in [3.63, 3.8) is 0 Å². The number of benzene rings is 2. The predicted molar refractivity (Wildman–Crippen MR) is 112 cm³/mol. The van der Waals surface area contributed by atoms with Crippen LogP contribution in [0.1, 0.15) is 22.8 Å². The average molecular weight is 452 g/mol. The Labute approximate surface area is 180 Å². The fourth-order valence-corrected chi connectivity index (χ4v) is 2.76. The van der Waals surface area contributed by atoms with Crippen LogP contribution in [0.3, 0.4) is 0 Å². The van der Waals surface area contributed by atoms with Crippen LogP contribution in [0.4, 0.5) is 41.9 Å². The van der Waals surface area contributed by atoms with Gasteiger partial charge in [-0.1, -0.05) is 17.7 Å². The zero-order valence-corrected chi connectivity index (χ0v) is 16.9. The summed E-state index contributed by atoms with van der Waals surface area (Å²) in [5.41, 5.74) is 6.07. The minimum atomic E-state index is -4.53. The summed E-state index contributed by atoms with van der Waals surface area (Å²) in [6.07, 6.45) is -3.35. The lowest BCUT2D eigenvalue weighted by Crippen LogP contribution is -2.08. The molecule has 0 bridgehead atoms. The Bertz CT molecular complexity index is 1110. The van der Waals surface area contributed by atoms with Gasteiger partial charge in [0.2, 0.25) is 0 Å². The SMILES string of the molecule is CCOC(=O)c1cccc(Nc2ncnc(Nc3cc(C(F)(F)F)ccc3Cl)c2N)c1. The lowest BCUT2D eigenvalue weighted by atomic mass is 10.2. The van der Waals surface area contributed by atoms with E-state index in [4.69, 9.17) is 22.1 Å². The van der Waals surface area contributed by atoms with E-state index in [1.807, 2.05) is 0 Å². The molecule has 162 valence electrons. The number of halogens is 4. The molecule has 0 saturated carbocycles. The maximum absolute atomic E-state index is 13.0. The number of aromatic nitrogens is 2. The number of ether oxygens (including phenoxy) is 1. The number of carbonyl (C=O) groups is 1. The Hall–Kier alpha value is -3.53. The number of hydrogen-bond donors (Lipinski definition) is 3. The summed E-state index contributed by atoms with van der Waals surface area (Å²) < 4.78 is 44.0. The number of anilines is 5. The topological polar surface area (TPSA) is 102 Å². The van der Waals surface area contributed by atoms with Gasteiger partial charge in [0.05, 0.1) is 28.4 Å². The Balaban J connectivity index is 1.86. The van der Waals surface area contributed by atoms with E-state index in [0.717, 1.165) is 18.2 Å². The highest BCUT2D eigenvalue weighted by Gasteiger charge is 2.31. The van der Waals surface area contributed by atoms with E-state index in [-0.39, 0.29) is 34.6 Å². The van der Waals surface area contributed by atoms with Gasteiger partial charge in [-0.05, 0) is 43.3 Å². The standard InChI is InChI=1S/C20H17ClF3N5O2/c1-2-31-19(30)11-4-3-5-13(8-11)28-17-16(25)18(27-10-26-17)29-15-9-12(20(22,23)24)6-7-14(15)21/h3-10H,2,25H2,1H3,(H2,26,27,28,29). The van der Waals surface area contributed by atoms with E-state index in [1.54, 1.807) is 31.2 Å². The Morgan fingerprint density at radius 1 is 1.13 bits per heavy atom. The Morgan fingerprint density at radius 3 is 2.52 bits per heavy atom. The molecule has 0 spiro atoms. The first-order chi connectivity index (χ1) is 14.7. The fraction of sp³-hybridized carbons (Fsp3) is 0.150. The van der Waals surface area contributed by atoms with Gasteiger partial charge in [0.15, 0.2) is 11.6 Å². The van der Waals surface area contributed by atoms with Crippen LogP contribution in [-0.2, 0) is 10.9 Å². The fourth-order valence-electron chi connectivity index (χ4n) is 2.59. The zero-order valence-electron chi connectivity index (χ0n) is 16.1. The number of hydrogen-bond acceptors (Lipinski definition) is 7. The molecule has 0 aliphatic carbocycles. The second-order valence-electron chi connectivity index (χ2n) is 6.23. The van der Waals surface area contributed by atoms with Gasteiger partial charge in [0.1, 0.15) is 12.0 Å². The number of carbonyl (C=O) groups excluding carboxylic acids is 1. The van der Waals surface area contributed by atoms with Crippen molar-refractivity contribution in [2.45, 2.75) is 13.1 Å². The van der Waals surface area contributed by atoms with Gasteiger partial charge in [-0.2, -0.15) is 13.2 Å². The van der Waals surface area contributed by atoms with Crippen LogP contribution < -0.4 is 16.4 Å². The molecule has 4 N–H and O–H groups in total. The van der Waals surface area contributed by atoms with E-state index in [9.17, 15) is 18.0 Å². The number of nitrogens with one attached hydrogen (secondary N) is 2. The van der Waals surface area contributed by atoms with Crippen LogP contribution in [0.2, 0.25) is 5.02 Å². The summed E-state index contributed by atoms with van der Waals surface area (Å²) in [5.74, 6) is -0.245. The van der Waals surface area contributed by atoms with Crippen molar-refractivity contribution in [2.24, 2.45) is 0 Å². The van der Waals surface area contributed by atoms with Gasteiger partial charge in [-0.25, -0.2) is 14.8 Å². The third-order valence-corrected chi connectivity index (χ3v) is 4.40. The molecule has 0 amide bonds. The van der Waals surface area contributed by atoms with E-state index in [1.165, 1.54) is 6.33 Å². The number of nitrogen functional groups attached to an aromatic ring is 1. The quantitative estimate of drug-likeness (QED) is 0.431. The van der Waals surface area contributed by atoms with Crippen molar-refractivity contribution in [1.82, 2.24) is 9.97 Å². The molecule has 0 fully saturated rings. The highest BCUT2D eigenvalue weighted by Crippen LogP contribution is 2.36. The molecule has 1 heterocycles. The van der Waals surface area contributed by atoms with E-state index in [2.05, 4.69) is 20.6 Å². The van der Waals surface area contributed by atoms with Gasteiger partial charge in [0, 0.05) is 5.69 Å². The van der Waals surface area contributed by atoms with Crippen molar-refractivity contribution in [3.05, 3.63) is 64.9 Å². The summed E-state index contributed by atoms with van der Waals surface area (Å²) in [5, 5.41) is 5.71. The van der Waals surface area contributed by atoms with Gasteiger partial charge in [-0.15, -0.1) is 0 Å². The monoisotopic (exact) mass is 451 g/mol. The van der Waals surface area contributed by atoms with Crippen LogP contribution in [0, 0.1) is 0 Å². The number of alkyl halides is 3. The van der Waals surface area contributed by atoms with Crippen LogP contribution in [0.15, 0.2) is 48.8 Å². The normalized spacial score (nSPS) is 11.1. The Kier molecular flexibility index (Phi) is 6.50. The number of nitrogens with two attached hydrogens (primary N) is 1. The van der Waals surface area contributed by atoms with E-state index in [0.29, 0.717) is 11.3 Å². The van der Waals surface area contributed by atoms with Crippen molar-refractivity contribution < 1.29 is 22.7 Å². The molecule has 3 rings (SSSR count). The van der Waals surface area contributed by atoms with Gasteiger partial charge < -0.3 is 21.1 Å². The molecule has 31 heavy (non-hydrogen) atoms. The third-order valence-electron chi connectivity index (χ3n) is 4.07. The van der Waals surface area contributed by atoms with E-state index < -0.39 is 17.7 Å². The molecule has 0 aliphatic heterocycles. The highest BCUT2D eigenvalue weighted by atomic mass is 35.5. The first-order valence-electron chi connectivity index (χ1n) is 8.97. The minimum Gasteiger partial charge on any atom is -0.462 e. The van der Waals surface area contributed by atoms with Crippen molar-refractivity contribution >= 4 is 46.3 Å².